The number of ether oxygens (including phenoxy) is 1. The second kappa shape index (κ2) is 8.46. The van der Waals surface area contributed by atoms with Crippen LogP contribution in [-0.2, 0) is 20.7 Å². The largest absolute Gasteiger partial charge is 0.377 e. The van der Waals surface area contributed by atoms with Crippen LogP contribution < -0.4 is 15.5 Å². The Kier molecular flexibility index (Phi) is 6.60. The number of nitrogens with one attached hydrogen (secondary N) is 2. The van der Waals surface area contributed by atoms with Gasteiger partial charge in [0, 0.05) is 38.0 Å². The highest BCUT2D eigenvalue weighted by Gasteiger charge is 2.22. The summed E-state index contributed by atoms with van der Waals surface area (Å²) in [5.74, 6) is -0.0109. The van der Waals surface area contributed by atoms with E-state index in [2.05, 4.69) is 10.6 Å². The Morgan fingerprint density at radius 2 is 2.21 bits per heavy atom. The molecule has 24 heavy (non-hydrogen) atoms. The number of nitrogens with zero attached hydrogens (tertiary/aromatic N) is 1. The van der Waals surface area contributed by atoms with Crippen LogP contribution in [0.5, 0.6) is 0 Å². The summed E-state index contributed by atoms with van der Waals surface area (Å²) in [7, 11) is 0. The lowest BCUT2D eigenvalue weighted by Gasteiger charge is -2.15. The normalized spacial score (nSPS) is 18.9. The van der Waals surface area contributed by atoms with Gasteiger partial charge >= 0.3 is 0 Å². The minimum absolute atomic E-state index is 0. The molecule has 0 aromatic heterocycles. The van der Waals surface area contributed by atoms with Crippen molar-refractivity contribution in [3.8, 4) is 0 Å². The predicted octanol–water partition coefficient (Wildman–Crippen LogP) is 1.72. The van der Waals surface area contributed by atoms with Gasteiger partial charge in [-0.05, 0) is 43.0 Å². The molecular formula is C17H24ClN3O3. The minimum atomic E-state index is -0.0654. The van der Waals surface area contributed by atoms with Gasteiger partial charge in [-0.15, -0.1) is 12.4 Å². The number of benzene rings is 1. The number of hydrogen-bond acceptors (Lipinski definition) is 4. The number of fused-ring (bicyclic) bond motifs is 1. The monoisotopic (exact) mass is 353 g/mol. The Labute approximate surface area is 148 Å². The van der Waals surface area contributed by atoms with E-state index < -0.39 is 0 Å². The summed E-state index contributed by atoms with van der Waals surface area (Å²) in [6.07, 6.45) is 3.23. The van der Waals surface area contributed by atoms with Gasteiger partial charge in [-0.25, -0.2) is 0 Å². The summed E-state index contributed by atoms with van der Waals surface area (Å²) >= 11 is 0. The third-order valence-corrected chi connectivity index (χ3v) is 4.32. The van der Waals surface area contributed by atoms with Gasteiger partial charge in [0.25, 0.3) is 0 Å². The molecule has 0 radical (unpaired) electrons. The molecule has 3 rings (SSSR count). The topological polar surface area (TPSA) is 70.7 Å². The van der Waals surface area contributed by atoms with E-state index in [1.165, 1.54) is 0 Å². The number of halogens is 1. The van der Waals surface area contributed by atoms with Crippen molar-refractivity contribution >= 4 is 35.6 Å². The van der Waals surface area contributed by atoms with Crippen LogP contribution in [0.3, 0.4) is 0 Å². The van der Waals surface area contributed by atoms with Crippen molar-refractivity contribution in [3.63, 3.8) is 0 Å². The van der Waals surface area contributed by atoms with Gasteiger partial charge in [0.1, 0.15) is 0 Å². The number of carbonyl (C=O) groups excluding carboxylic acids is 2. The summed E-state index contributed by atoms with van der Waals surface area (Å²) < 4.78 is 5.51. The Bertz CT molecular complexity index is 603. The third-order valence-electron chi connectivity index (χ3n) is 4.32. The Morgan fingerprint density at radius 1 is 1.38 bits per heavy atom. The van der Waals surface area contributed by atoms with E-state index in [1.807, 2.05) is 18.2 Å². The molecule has 0 bridgehead atoms. The fourth-order valence-electron chi connectivity index (χ4n) is 3.16. The standard InChI is InChI=1S/C17H23N3O3.ClH/c1-12(21)20-7-6-13-9-14(4-5-16(13)20)19-17(22)11-18-10-15-3-2-8-23-15;/h4-5,9,15,18H,2-3,6-8,10-11H2,1H3,(H,19,22);1H. The lowest BCUT2D eigenvalue weighted by molar-refractivity contribution is -0.116. The van der Waals surface area contributed by atoms with Crippen molar-refractivity contribution in [1.29, 1.82) is 0 Å². The first kappa shape index (κ1) is 18.7. The van der Waals surface area contributed by atoms with E-state index in [4.69, 9.17) is 4.74 Å². The van der Waals surface area contributed by atoms with E-state index in [0.717, 1.165) is 42.8 Å². The molecule has 1 aromatic rings. The van der Waals surface area contributed by atoms with E-state index in [0.29, 0.717) is 13.1 Å². The molecule has 1 atom stereocenters. The second-order valence-electron chi connectivity index (χ2n) is 6.08. The van der Waals surface area contributed by atoms with Gasteiger partial charge in [0.2, 0.25) is 11.8 Å². The highest BCUT2D eigenvalue weighted by molar-refractivity contribution is 5.96. The molecule has 1 aromatic carbocycles. The second-order valence-corrected chi connectivity index (χ2v) is 6.08. The fraction of sp³-hybridized carbons (Fsp3) is 0.529. The number of anilines is 2. The van der Waals surface area contributed by atoms with Crippen molar-refractivity contribution in [1.82, 2.24) is 5.32 Å². The van der Waals surface area contributed by atoms with Gasteiger partial charge in [-0.3, -0.25) is 9.59 Å². The first-order chi connectivity index (χ1) is 11.1. The molecule has 1 fully saturated rings. The summed E-state index contributed by atoms with van der Waals surface area (Å²) in [4.78, 5) is 25.3. The lowest BCUT2D eigenvalue weighted by atomic mass is 10.1. The van der Waals surface area contributed by atoms with E-state index in [9.17, 15) is 9.59 Å². The molecule has 0 spiro atoms. The van der Waals surface area contributed by atoms with Crippen LogP contribution in [0.25, 0.3) is 0 Å². The summed E-state index contributed by atoms with van der Waals surface area (Å²) in [6, 6.07) is 5.70. The Morgan fingerprint density at radius 3 is 2.92 bits per heavy atom. The van der Waals surface area contributed by atoms with Crippen LogP contribution in [0.1, 0.15) is 25.3 Å². The quantitative estimate of drug-likeness (QED) is 0.845. The molecule has 0 aliphatic carbocycles. The number of amides is 2. The van der Waals surface area contributed by atoms with Crippen LogP contribution in [0, 0.1) is 0 Å². The van der Waals surface area contributed by atoms with Crippen molar-refractivity contribution in [3.05, 3.63) is 23.8 Å². The zero-order chi connectivity index (χ0) is 16.2. The average molecular weight is 354 g/mol. The van der Waals surface area contributed by atoms with Crippen LogP contribution in [-0.4, -0.2) is 44.2 Å². The Balaban J connectivity index is 0.00000208. The molecule has 2 N–H and O–H groups in total. The molecule has 2 aliphatic heterocycles. The molecule has 2 aliphatic rings. The van der Waals surface area contributed by atoms with Crippen molar-refractivity contribution in [2.24, 2.45) is 0 Å². The molecule has 7 heteroatoms. The molecular weight excluding hydrogens is 330 g/mol. The third kappa shape index (κ3) is 4.47. The average Bonchev–Trinajstić information content (AvgIpc) is 3.15. The van der Waals surface area contributed by atoms with Gasteiger partial charge in [-0.1, -0.05) is 0 Å². The maximum atomic E-state index is 12.0. The number of carbonyl (C=O) groups is 2. The maximum absolute atomic E-state index is 12.0. The van der Waals surface area contributed by atoms with E-state index in [1.54, 1.807) is 11.8 Å². The minimum Gasteiger partial charge on any atom is -0.377 e. The highest BCUT2D eigenvalue weighted by atomic mass is 35.5. The smallest absolute Gasteiger partial charge is 0.238 e. The summed E-state index contributed by atoms with van der Waals surface area (Å²) in [6.45, 7) is 4.10. The zero-order valence-electron chi connectivity index (χ0n) is 13.8. The van der Waals surface area contributed by atoms with Gasteiger partial charge in [-0.2, -0.15) is 0 Å². The molecule has 6 nitrogen and oxygen atoms in total. The fourth-order valence-corrected chi connectivity index (χ4v) is 3.16. The lowest BCUT2D eigenvalue weighted by Crippen LogP contribution is -2.33. The van der Waals surface area contributed by atoms with Gasteiger partial charge < -0.3 is 20.3 Å². The van der Waals surface area contributed by atoms with Crippen LogP contribution in [0.15, 0.2) is 18.2 Å². The maximum Gasteiger partial charge on any atom is 0.238 e. The van der Waals surface area contributed by atoms with Crippen LogP contribution in [0.2, 0.25) is 0 Å². The first-order valence-corrected chi connectivity index (χ1v) is 8.16. The Hall–Kier alpha value is -1.63. The number of hydrogen-bond donors (Lipinski definition) is 2. The SMILES string of the molecule is CC(=O)N1CCc2cc(NC(=O)CNCC3CCCO3)ccc21.Cl. The van der Waals surface area contributed by atoms with E-state index in [-0.39, 0.29) is 36.9 Å². The van der Waals surface area contributed by atoms with Crippen LogP contribution >= 0.6 is 12.4 Å². The zero-order valence-corrected chi connectivity index (χ0v) is 14.7. The molecule has 2 amide bonds. The molecule has 1 unspecified atom stereocenters. The highest BCUT2D eigenvalue weighted by Crippen LogP contribution is 2.30. The molecule has 0 saturated carbocycles. The summed E-state index contributed by atoms with van der Waals surface area (Å²) in [5, 5.41) is 6.03. The summed E-state index contributed by atoms with van der Waals surface area (Å²) in [5.41, 5.74) is 2.83. The number of rotatable bonds is 5. The van der Waals surface area contributed by atoms with Crippen molar-refractivity contribution in [2.75, 3.05) is 36.5 Å². The van der Waals surface area contributed by atoms with Crippen molar-refractivity contribution in [2.45, 2.75) is 32.3 Å². The van der Waals surface area contributed by atoms with Gasteiger partial charge in [0.05, 0.1) is 12.6 Å². The van der Waals surface area contributed by atoms with Gasteiger partial charge in [0.15, 0.2) is 0 Å². The molecule has 132 valence electrons. The predicted molar refractivity (Wildman–Crippen MR) is 95.9 cm³/mol. The molecule has 1 saturated heterocycles. The first-order valence-electron chi connectivity index (χ1n) is 8.16. The van der Waals surface area contributed by atoms with Crippen LogP contribution in [0.4, 0.5) is 11.4 Å². The van der Waals surface area contributed by atoms with E-state index >= 15 is 0 Å². The van der Waals surface area contributed by atoms with Crippen molar-refractivity contribution < 1.29 is 14.3 Å². The molecule has 2 heterocycles.